The smallest absolute Gasteiger partial charge is 0.133 e. The first-order valence-corrected chi connectivity index (χ1v) is 7.74. The van der Waals surface area contributed by atoms with Crippen molar-refractivity contribution in [3.63, 3.8) is 0 Å². The van der Waals surface area contributed by atoms with E-state index in [1.165, 1.54) is 36.3 Å². The summed E-state index contributed by atoms with van der Waals surface area (Å²) in [7, 11) is 0. The number of rotatable bonds is 2. The number of nitrogens with zero attached hydrogens (tertiary/aromatic N) is 2. The zero-order valence-electron chi connectivity index (χ0n) is 10.7. The number of halogens is 1. The van der Waals surface area contributed by atoms with Gasteiger partial charge in [0, 0.05) is 22.5 Å². The Bertz CT molecular complexity index is 628. The van der Waals surface area contributed by atoms with Crippen LogP contribution in [-0.2, 0) is 6.42 Å². The molecule has 19 heavy (non-hydrogen) atoms. The Morgan fingerprint density at radius 1 is 1.26 bits per heavy atom. The molecule has 0 unspecified atom stereocenters. The highest BCUT2D eigenvalue weighted by atomic mass is 79.9. The van der Waals surface area contributed by atoms with Crippen molar-refractivity contribution in [2.24, 2.45) is 0 Å². The van der Waals surface area contributed by atoms with Crippen LogP contribution in [0.2, 0.25) is 0 Å². The van der Waals surface area contributed by atoms with Crippen LogP contribution in [0.25, 0.3) is 5.69 Å². The van der Waals surface area contributed by atoms with Gasteiger partial charge in [-0.15, -0.1) is 0 Å². The predicted octanol–water partition coefficient (Wildman–Crippen LogP) is 3.87. The molecule has 98 valence electrons. The molecule has 0 bridgehead atoms. The molecule has 0 radical (unpaired) electrons. The number of hydrogen-bond donors (Lipinski definition) is 1. The minimum Gasteiger partial charge on any atom is -0.369 e. The molecule has 0 spiro atoms. The first kappa shape index (κ1) is 11.5. The van der Waals surface area contributed by atoms with Crippen molar-refractivity contribution in [2.75, 3.05) is 11.9 Å². The molecule has 4 heteroatoms. The molecule has 1 aliphatic heterocycles. The summed E-state index contributed by atoms with van der Waals surface area (Å²) in [6.07, 6.45) is 5.08. The molecule has 0 amide bonds. The molecule has 1 aromatic heterocycles. The van der Waals surface area contributed by atoms with Crippen LogP contribution in [0.5, 0.6) is 0 Å². The standard InChI is InChI=1S/C15H16BrN3/c16-12-6-1-2-7-13(12)19-15-11(8-9-17-15)14(18-19)10-4-3-5-10/h1-2,6-7,10,17H,3-5,8-9H2. The second-order valence-corrected chi connectivity index (χ2v) is 6.23. The van der Waals surface area contributed by atoms with Gasteiger partial charge in [-0.05, 0) is 47.3 Å². The van der Waals surface area contributed by atoms with Crippen molar-refractivity contribution >= 4 is 21.7 Å². The molecule has 1 aliphatic carbocycles. The first-order valence-electron chi connectivity index (χ1n) is 6.95. The van der Waals surface area contributed by atoms with Gasteiger partial charge < -0.3 is 5.32 Å². The summed E-state index contributed by atoms with van der Waals surface area (Å²) in [5, 5.41) is 8.41. The van der Waals surface area contributed by atoms with E-state index in [-0.39, 0.29) is 0 Å². The summed E-state index contributed by atoms with van der Waals surface area (Å²) >= 11 is 3.63. The highest BCUT2D eigenvalue weighted by Crippen LogP contribution is 2.42. The Morgan fingerprint density at radius 2 is 2.11 bits per heavy atom. The Labute approximate surface area is 121 Å². The van der Waals surface area contributed by atoms with E-state index in [2.05, 4.69) is 44.1 Å². The van der Waals surface area contributed by atoms with E-state index in [0.29, 0.717) is 5.92 Å². The largest absolute Gasteiger partial charge is 0.369 e. The fraction of sp³-hybridized carbons (Fsp3) is 0.400. The van der Waals surface area contributed by atoms with E-state index >= 15 is 0 Å². The zero-order chi connectivity index (χ0) is 12.8. The summed E-state index contributed by atoms with van der Waals surface area (Å²) in [5.41, 5.74) is 3.90. The number of fused-ring (bicyclic) bond motifs is 1. The average molecular weight is 318 g/mol. The summed E-state index contributed by atoms with van der Waals surface area (Å²) in [4.78, 5) is 0. The molecule has 0 atom stereocenters. The fourth-order valence-corrected chi connectivity index (χ4v) is 3.46. The number of para-hydroxylation sites is 1. The Hall–Kier alpha value is -1.29. The van der Waals surface area contributed by atoms with Gasteiger partial charge in [-0.25, -0.2) is 4.68 Å². The molecule has 2 heterocycles. The number of aromatic nitrogens is 2. The second-order valence-electron chi connectivity index (χ2n) is 5.38. The van der Waals surface area contributed by atoms with E-state index in [1.807, 2.05) is 6.07 Å². The zero-order valence-corrected chi connectivity index (χ0v) is 12.3. The van der Waals surface area contributed by atoms with E-state index in [9.17, 15) is 0 Å². The minimum atomic E-state index is 0.692. The molecule has 4 rings (SSSR count). The Balaban J connectivity index is 1.87. The van der Waals surface area contributed by atoms with Crippen molar-refractivity contribution in [3.05, 3.63) is 40.0 Å². The second kappa shape index (κ2) is 4.37. The number of anilines is 1. The maximum atomic E-state index is 4.91. The van der Waals surface area contributed by atoms with Crippen LogP contribution in [0, 0.1) is 0 Å². The van der Waals surface area contributed by atoms with Crippen molar-refractivity contribution in [1.82, 2.24) is 9.78 Å². The van der Waals surface area contributed by atoms with Gasteiger partial charge in [-0.3, -0.25) is 0 Å². The summed E-state index contributed by atoms with van der Waals surface area (Å²) in [6, 6.07) is 8.28. The first-order chi connectivity index (χ1) is 9.34. The van der Waals surface area contributed by atoms with Gasteiger partial charge in [0.2, 0.25) is 0 Å². The van der Waals surface area contributed by atoms with E-state index in [4.69, 9.17) is 5.10 Å². The molecule has 1 fully saturated rings. The molecule has 1 aromatic carbocycles. The molecule has 3 nitrogen and oxygen atoms in total. The van der Waals surface area contributed by atoms with E-state index in [0.717, 1.165) is 23.1 Å². The Kier molecular flexibility index (Phi) is 2.65. The monoisotopic (exact) mass is 317 g/mol. The maximum absolute atomic E-state index is 4.91. The summed E-state index contributed by atoms with van der Waals surface area (Å²) in [5.74, 6) is 1.89. The van der Waals surface area contributed by atoms with Crippen molar-refractivity contribution in [1.29, 1.82) is 0 Å². The third-order valence-corrected chi connectivity index (χ3v) is 4.93. The molecule has 1 saturated carbocycles. The van der Waals surface area contributed by atoms with Crippen LogP contribution in [0.15, 0.2) is 28.7 Å². The molecular formula is C15H16BrN3. The Morgan fingerprint density at radius 3 is 2.84 bits per heavy atom. The third-order valence-electron chi connectivity index (χ3n) is 4.25. The highest BCUT2D eigenvalue weighted by molar-refractivity contribution is 9.10. The minimum absolute atomic E-state index is 0.692. The van der Waals surface area contributed by atoms with Crippen LogP contribution in [-0.4, -0.2) is 16.3 Å². The van der Waals surface area contributed by atoms with Gasteiger partial charge in [-0.1, -0.05) is 18.6 Å². The number of hydrogen-bond acceptors (Lipinski definition) is 2. The van der Waals surface area contributed by atoms with Gasteiger partial charge in [0.05, 0.1) is 11.4 Å². The molecule has 0 saturated heterocycles. The number of nitrogens with one attached hydrogen (secondary N) is 1. The van der Waals surface area contributed by atoms with Gasteiger partial charge >= 0.3 is 0 Å². The normalized spacial score (nSPS) is 17.9. The van der Waals surface area contributed by atoms with Crippen LogP contribution in [0.1, 0.15) is 36.4 Å². The number of benzene rings is 1. The summed E-state index contributed by atoms with van der Waals surface area (Å²) in [6.45, 7) is 1.04. The highest BCUT2D eigenvalue weighted by Gasteiger charge is 2.31. The lowest BCUT2D eigenvalue weighted by molar-refractivity contribution is 0.407. The van der Waals surface area contributed by atoms with Gasteiger partial charge in [-0.2, -0.15) is 5.10 Å². The van der Waals surface area contributed by atoms with Crippen LogP contribution >= 0.6 is 15.9 Å². The predicted molar refractivity (Wildman–Crippen MR) is 80.0 cm³/mol. The van der Waals surface area contributed by atoms with E-state index in [1.54, 1.807) is 0 Å². The lowest BCUT2D eigenvalue weighted by Gasteiger charge is -2.24. The molecule has 1 N–H and O–H groups in total. The fourth-order valence-electron chi connectivity index (χ4n) is 3.01. The van der Waals surface area contributed by atoms with Gasteiger partial charge in [0.25, 0.3) is 0 Å². The van der Waals surface area contributed by atoms with Crippen LogP contribution < -0.4 is 5.32 Å². The van der Waals surface area contributed by atoms with Crippen molar-refractivity contribution < 1.29 is 0 Å². The molecule has 2 aromatic rings. The molecular weight excluding hydrogens is 302 g/mol. The van der Waals surface area contributed by atoms with Crippen LogP contribution in [0.3, 0.4) is 0 Å². The van der Waals surface area contributed by atoms with Gasteiger partial charge in [0.15, 0.2) is 0 Å². The van der Waals surface area contributed by atoms with E-state index < -0.39 is 0 Å². The quantitative estimate of drug-likeness (QED) is 0.911. The topological polar surface area (TPSA) is 29.9 Å². The average Bonchev–Trinajstić information content (AvgIpc) is 2.92. The molecule has 2 aliphatic rings. The maximum Gasteiger partial charge on any atom is 0.133 e. The lowest BCUT2D eigenvalue weighted by Crippen LogP contribution is -2.12. The van der Waals surface area contributed by atoms with Crippen molar-refractivity contribution in [3.8, 4) is 5.69 Å². The van der Waals surface area contributed by atoms with Crippen molar-refractivity contribution in [2.45, 2.75) is 31.6 Å². The lowest BCUT2D eigenvalue weighted by atomic mass is 9.81. The SMILES string of the molecule is Brc1ccccc1-n1nc(C2CCC2)c2c1NCC2. The van der Waals surface area contributed by atoms with Gasteiger partial charge in [0.1, 0.15) is 5.82 Å². The van der Waals surface area contributed by atoms with Crippen LogP contribution in [0.4, 0.5) is 5.82 Å². The third kappa shape index (κ3) is 1.73. The summed E-state index contributed by atoms with van der Waals surface area (Å²) < 4.78 is 3.18.